The molecule has 0 saturated heterocycles. The van der Waals surface area contributed by atoms with Gasteiger partial charge < -0.3 is 10.2 Å². The fraction of sp³-hybridized carbons (Fsp3) is 0. The lowest BCUT2D eigenvalue weighted by atomic mass is 10.0. The first-order valence-corrected chi connectivity index (χ1v) is 9.89. The molecular weight excluding hydrogens is 394 g/mol. The number of aromatic hydroxyl groups is 2. The van der Waals surface area contributed by atoms with Gasteiger partial charge in [0.2, 0.25) is 10.0 Å². The number of carbonyl (C=O) groups is 1. The highest BCUT2D eigenvalue weighted by Gasteiger charge is 2.16. The van der Waals surface area contributed by atoms with E-state index < -0.39 is 15.9 Å². The molecule has 5 N–H and O–H groups in total. The highest BCUT2D eigenvalue weighted by molar-refractivity contribution is 7.89. The van der Waals surface area contributed by atoms with Crippen molar-refractivity contribution in [2.45, 2.75) is 4.90 Å². The van der Waals surface area contributed by atoms with Gasteiger partial charge in [0, 0.05) is 16.7 Å². The smallest absolute Gasteiger partial charge is 0.271 e. The van der Waals surface area contributed by atoms with Gasteiger partial charge in [-0.1, -0.05) is 24.3 Å². The van der Waals surface area contributed by atoms with Gasteiger partial charge in [-0.15, -0.1) is 0 Å². The Balaban J connectivity index is 1.96. The maximum Gasteiger partial charge on any atom is 0.271 e. The van der Waals surface area contributed by atoms with Crippen molar-refractivity contribution in [1.82, 2.24) is 5.43 Å². The summed E-state index contributed by atoms with van der Waals surface area (Å²) in [6.07, 6.45) is 0. The summed E-state index contributed by atoms with van der Waals surface area (Å²) in [7, 11) is -3.87. The van der Waals surface area contributed by atoms with Gasteiger partial charge in [-0.05, 0) is 48.5 Å². The van der Waals surface area contributed by atoms with Gasteiger partial charge >= 0.3 is 0 Å². The quantitative estimate of drug-likeness (QED) is 0.375. The summed E-state index contributed by atoms with van der Waals surface area (Å²) < 4.78 is 22.6. The van der Waals surface area contributed by atoms with E-state index in [1.165, 1.54) is 36.4 Å². The average molecular weight is 411 g/mol. The number of phenolic OH excluding ortho intramolecular Hbond substituents is 2. The number of hydrogen-bond acceptors (Lipinski definition) is 6. The molecule has 0 fully saturated rings. The Morgan fingerprint density at radius 3 is 1.76 bits per heavy atom. The number of nitrogens with one attached hydrogen (secondary N) is 1. The Labute approximate surface area is 167 Å². The van der Waals surface area contributed by atoms with Gasteiger partial charge in [0.05, 0.1) is 4.90 Å². The number of rotatable bonds is 5. The number of nitrogens with two attached hydrogens (primary N) is 1. The van der Waals surface area contributed by atoms with E-state index in [9.17, 15) is 23.4 Å². The van der Waals surface area contributed by atoms with E-state index in [2.05, 4.69) is 10.5 Å². The van der Waals surface area contributed by atoms with Crippen LogP contribution in [0.15, 0.2) is 82.8 Å². The SMILES string of the molecule is NS(=O)(=O)c1ccc(C(=O)NN=C(c2ccccc2O)c2ccccc2O)cc1. The second-order valence-electron chi connectivity index (χ2n) is 6.01. The molecule has 0 heterocycles. The van der Waals surface area contributed by atoms with Crippen LogP contribution in [0.3, 0.4) is 0 Å². The summed E-state index contributed by atoms with van der Waals surface area (Å²) in [5.74, 6) is -0.781. The summed E-state index contributed by atoms with van der Waals surface area (Å²) in [6.45, 7) is 0. The molecule has 0 atom stereocenters. The molecule has 8 nitrogen and oxygen atoms in total. The predicted octanol–water partition coefficient (Wildman–Crippen LogP) is 1.93. The normalized spacial score (nSPS) is 10.9. The lowest BCUT2D eigenvalue weighted by Gasteiger charge is -2.11. The average Bonchev–Trinajstić information content (AvgIpc) is 2.70. The second-order valence-corrected chi connectivity index (χ2v) is 7.57. The topological polar surface area (TPSA) is 142 Å². The first-order chi connectivity index (χ1) is 13.8. The van der Waals surface area contributed by atoms with Crippen molar-refractivity contribution in [2.24, 2.45) is 10.2 Å². The molecule has 0 aromatic heterocycles. The van der Waals surface area contributed by atoms with Gasteiger partial charge in [-0.2, -0.15) is 5.10 Å². The van der Waals surface area contributed by atoms with Gasteiger partial charge in [-0.3, -0.25) is 4.79 Å². The Bertz CT molecular complexity index is 1140. The number of primary sulfonamides is 1. The van der Waals surface area contributed by atoms with Crippen molar-refractivity contribution >= 4 is 21.6 Å². The number of carbonyl (C=O) groups excluding carboxylic acids is 1. The number of phenols is 2. The zero-order valence-electron chi connectivity index (χ0n) is 15.0. The van der Waals surface area contributed by atoms with E-state index in [0.29, 0.717) is 11.1 Å². The minimum absolute atomic E-state index is 0.0822. The van der Waals surface area contributed by atoms with Crippen LogP contribution < -0.4 is 10.6 Å². The predicted molar refractivity (Wildman–Crippen MR) is 107 cm³/mol. The number of hydrogen-bond donors (Lipinski definition) is 4. The Kier molecular flexibility index (Phi) is 5.62. The molecule has 3 rings (SSSR count). The molecular formula is C20H17N3O5S. The Morgan fingerprint density at radius 1 is 0.828 bits per heavy atom. The molecule has 0 spiro atoms. The van der Waals surface area contributed by atoms with Crippen molar-refractivity contribution in [3.8, 4) is 11.5 Å². The van der Waals surface area contributed by atoms with Crippen LogP contribution >= 0.6 is 0 Å². The molecule has 0 saturated carbocycles. The minimum Gasteiger partial charge on any atom is -0.507 e. The lowest BCUT2D eigenvalue weighted by molar-refractivity contribution is 0.0954. The minimum atomic E-state index is -3.87. The third-order valence-corrected chi connectivity index (χ3v) is 4.96. The number of nitrogens with zero attached hydrogens (tertiary/aromatic N) is 1. The maximum atomic E-state index is 12.4. The van der Waals surface area contributed by atoms with Crippen molar-refractivity contribution < 1.29 is 23.4 Å². The number of hydrazone groups is 1. The van der Waals surface area contributed by atoms with Gasteiger partial charge in [0.1, 0.15) is 17.2 Å². The largest absolute Gasteiger partial charge is 0.507 e. The van der Waals surface area contributed by atoms with Crippen LogP contribution in [0.25, 0.3) is 0 Å². The van der Waals surface area contributed by atoms with Crippen molar-refractivity contribution in [3.05, 3.63) is 89.5 Å². The molecule has 0 aliphatic carbocycles. The molecule has 148 valence electrons. The van der Waals surface area contributed by atoms with Crippen molar-refractivity contribution in [3.63, 3.8) is 0 Å². The van der Waals surface area contributed by atoms with Crippen LogP contribution in [-0.4, -0.2) is 30.2 Å². The monoisotopic (exact) mass is 411 g/mol. The third-order valence-electron chi connectivity index (χ3n) is 4.03. The van der Waals surface area contributed by atoms with E-state index in [1.807, 2.05) is 0 Å². The van der Waals surface area contributed by atoms with Crippen molar-refractivity contribution in [1.29, 1.82) is 0 Å². The van der Waals surface area contributed by atoms with Gasteiger partial charge in [-0.25, -0.2) is 19.0 Å². The molecule has 29 heavy (non-hydrogen) atoms. The lowest BCUT2D eigenvalue weighted by Crippen LogP contribution is -2.21. The van der Waals surface area contributed by atoms with Crippen LogP contribution in [0.4, 0.5) is 0 Å². The standard InChI is InChI=1S/C20H17N3O5S/c21-29(27,28)14-11-9-13(10-12-14)20(26)23-22-19(15-5-1-3-7-17(15)24)16-6-2-4-8-18(16)25/h1-12,24-25H,(H,23,26)(H2,21,27,28). The van der Waals surface area contributed by atoms with Crippen LogP contribution in [0.2, 0.25) is 0 Å². The molecule has 0 bridgehead atoms. The highest BCUT2D eigenvalue weighted by Crippen LogP contribution is 2.25. The van der Waals surface area contributed by atoms with Crippen LogP contribution in [0.5, 0.6) is 11.5 Å². The van der Waals surface area contributed by atoms with E-state index in [1.54, 1.807) is 36.4 Å². The summed E-state index contributed by atoms with van der Waals surface area (Å²) in [6, 6.07) is 17.7. The summed E-state index contributed by atoms with van der Waals surface area (Å²) in [4.78, 5) is 12.3. The molecule has 0 unspecified atom stereocenters. The van der Waals surface area contributed by atoms with Gasteiger partial charge in [0.25, 0.3) is 5.91 Å². The molecule has 1 amide bonds. The Morgan fingerprint density at radius 2 is 1.31 bits per heavy atom. The van der Waals surface area contributed by atoms with Crippen LogP contribution in [0, 0.1) is 0 Å². The number of benzene rings is 3. The second kappa shape index (κ2) is 8.13. The highest BCUT2D eigenvalue weighted by atomic mass is 32.2. The zero-order valence-corrected chi connectivity index (χ0v) is 15.8. The molecule has 9 heteroatoms. The van der Waals surface area contributed by atoms with Gasteiger partial charge in [0.15, 0.2) is 0 Å². The third kappa shape index (κ3) is 4.60. The number of sulfonamides is 1. The molecule has 0 aliphatic heterocycles. The Hall–Kier alpha value is -3.69. The zero-order chi connectivity index (χ0) is 21.0. The fourth-order valence-corrected chi connectivity index (χ4v) is 3.10. The van der Waals surface area contributed by atoms with E-state index in [4.69, 9.17) is 5.14 Å². The molecule has 3 aromatic carbocycles. The molecule has 0 aliphatic rings. The van der Waals surface area contributed by atoms with Crippen molar-refractivity contribution in [2.75, 3.05) is 0 Å². The molecule has 0 radical (unpaired) electrons. The number of amides is 1. The van der Waals surface area contributed by atoms with Crippen LogP contribution in [-0.2, 0) is 10.0 Å². The summed E-state index contributed by atoms with van der Waals surface area (Å²) >= 11 is 0. The number of para-hydroxylation sites is 2. The first kappa shape index (κ1) is 20.1. The maximum absolute atomic E-state index is 12.4. The fourth-order valence-electron chi connectivity index (χ4n) is 2.58. The summed E-state index contributed by atoms with van der Waals surface area (Å²) in [5, 5.41) is 29.5. The van der Waals surface area contributed by atoms with E-state index in [-0.39, 0.29) is 27.7 Å². The molecule has 3 aromatic rings. The van der Waals surface area contributed by atoms with E-state index in [0.717, 1.165) is 0 Å². The van der Waals surface area contributed by atoms with Crippen LogP contribution in [0.1, 0.15) is 21.5 Å². The summed E-state index contributed by atoms with van der Waals surface area (Å²) in [5.41, 5.74) is 3.26. The van der Waals surface area contributed by atoms with E-state index >= 15 is 0 Å². The first-order valence-electron chi connectivity index (χ1n) is 8.35.